The summed E-state index contributed by atoms with van der Waals surface area (Å²) in [5.41, 5.74) is -0.0241. The first-order valence-corrected chi connectivity index (χ1v) is 5.67. The summed E-state index contributed by atoms with van der Waals surface area (Å²) in [5.74, 6) is 0.428. The molecule has 2 atom stereocenters. The van der Waals surface area contributed by atoms with Crippen LogP contribution in [-0.4, -0.2) is 28.6 Å². The van der Waals surface area contributed by atoms with Crippen molar-refractivity contribution in [2.75, 3.05) is 6.54 Å². The SMILES string of the molecule is CC(Oc1ccc([N+](=O)[O-])cn1)C1CCCN1.Cl. The molecule has 0 aliphatic carbocycles. The molecule has 2 unspecified atom stereocenters. The van der Waals surface area contributed by atoms with Gasteiger partial charge in [-0.05, 0) is 26.3 Å². The summed E-state index contributed by atoms with van der Waals surface area (Å²) >= 11 is 0. The number of hydrogen-bond donors (Lipinski definition) is 1. The summed E-state index contributed by atoms with van der Waals surface area (Å²) in [6.45, 7) is 3.00. The summed E-state index contributed by atoms with van der Waals surface area (Å²) in [5, 5.41) is 13.8. The molecule has 2 rings (SSSR count). The number of halogens is 1. The zero-order chi connectivity index (χ0) is 12.3. The number of rotatable bonds is 4. The van der Waals surface area contributed by atoms with E-state index in [0.29, 0.717) is 11.9 Å². The number of nitro groups is 1. The van der Waals surface area contributed by atoms with E-state index in [9.17, 15) is 10.1 Å². The standard InChI is InChI=1S/C11H15N3O3.ClH/c1-8(10-3-2-6-12-10)17-11-5-4-9(7-13-11)14(15)16;/h4-5,7-8,10,12H,2-3,6H2,1H3;1H. The fourth-order valence-corrected chi connectivity index (χ4v) is 1.93. The Morgan fingerprint density at radius 2 is 2.39 bits per heavy atom. The van der Waals surface area contributed by atoms with Gasteiger partial charge in [0.1, 0.15) is 12.3 Å². The van der Waals surface area contributed by atoms with Crippen LogP contribution >= 0.6 is 12.4 Å². The van der Waals surface area contributed by atoms with E-state index in [0.717, 1.165) is 19.4 Å². The molecular weight excluding hydrogens is 258 g/mol. The van der Waals surface area contributed by atoms with Gasteiger partial charge in [-0.25, -0.2) is 4.98 Å². The second kappa shape index (κ2) is 6.51. The van der Waals surface area contributed by atoms with Crippen LogP contribution < -0.4 is 10.1 Å². The van der Waals surface area contributed by atoms with E-state index < -0.39 is 4.92 Å². The van der Waals surface area contributed by atoms with E-state index in [2.05, 4.69) is 10.3 Å². The average molecular weight is 274 g/mol. The molecule has 1 N–H and O–H groups in total. The number of nitrogens with zero attached hydrogens (tertiary/aromatic N) is 2. The Labute approximate surface area is 111 Å². The van der Waals surface area contributed by atoms with Gasteiger partial charge in [0.25, 0.3) is 5.69 Å². The largest absolute Gasteiger partial charge is 0.473 e. The maximum atomic E-state index is 10.5. The summed E-state index contributed by atoms with van der Waals surface area (Å²) < 4.78 is 5.64. The summed E-state index contributed by atoms with van der Waals surface area (Å²) in [6, 6.07) is 3.27. The van der Waals surface area contributed by atoms with Crippen molar-refractivity contribution >= 4 is 18.1 Å². The fourth-order valence-electron chi connectivity index (χ4n) is 1.93. The van der Waals surface area contributed by atoms with E-state index in [1.54, 1.807) is 0 Å². The predicted molar refractivity (Wildman–Crippen MR) is 69.3 cm³/mol. The van der Waals surface area contributed by atoms with Crippen LogP contribution in [0.2, 0.25) is 0 Å². The van der Waals surface area contributed by atoms with Gasteiger partial charge in [-0.3, -0.25) is 10.1 Å². The van der Waals surface area contributed by atoms with E-state index in [1.165, 1.54) is 18.3 Å². The first-order chi connectivity index (χ1) is 8.16. The predicted octanol–water partition coefficient (Wildman–Crippen LogP) is 1.93. The number of hydrogen-bond acceptors (Lipinski definition) is 5. The molecule has 1 aliphatic heterocycles. The Hall–Kier alpha value is -1.40. The van der Waals surface area contributed by atoms with Gasteiger partial charge in [-0.1, -0.05) is 0 Å². The van der Waals surface area contributed by atoms with Gasteiger partial charge in [0.15, 0.2) is 0 Å². The van der Waals surface area contributed by atoms with E-state index in [4.69, 9.17) is 4.74 Å². The molecular formula is C11H16ClN3O3. The summed E-state index contributed by atoms with van der Waals surface area (Å²) in [4.78, 5) is 13.9. The van der Waals surface area contributed by atoms with Crippen molar-refractivity contribution < 1.29 is 9.66 Å². The van der Waals surface area contributed by atoms with Crippen molar-refractivity contribution in [2.45, 2.75) is 31.9 Å². The Bertz CT molecular complexity index is 393. The molecule has 0 radical (unpaired) electrons. The average Bonchev–Trinajstić information content (AvgIpc) is 2.83. The van der Waals surface area contributed by atoms with Crippen molar-refractivity contribution in [1.29, 1.82) is 0 Å². The van der Waals surface area contributed by atoms with Crippen LogP contribution in [0.1, 0.15) is 19.8 Å². The number of nitrogens with one attached hydrogen (secondary N) is 1. The minimum absolute atomic E-state index is 0. The van der Waals surface area contributed by atoms with Gasteiger partial charge in [0.05, 0.1) is 4.92 Å². The monoisotopic (exact) mass is 273 g/mol. The van der Waals surface area contributed by atoms with Gasteiger partial charge in [-0.15, -0.1) is 12.4 Å². The maximum absolute atomic E-state index is 10.5. The highest BCUT2D eigenvalue weighted by Gasteiger charge is 2.22. The van der Waals surface area contributed by atoms with Gasteiger partial charge < -0.3 is 10.1 Å². The van der Waals surface area contributed by atoms with Crippen molar-refractivity contribution in [3.63, 3.8) is 0 Å². The van der Waals surface area contributed by atoms with Crippen molar-refractivity contribution in [3.05, 3.63) is 28.4 Å². The fraction of sp³-hybridized carbons (Fsp3) is 0.545. The molecule has 1 fully saturated rings. The Balaban J connectivity index is 0.00000162. The molecule has 0 saturated carbocycles. The zero-order valence-electron chi connectivity index (χ0n) is 10.0. The zero-order valence-corrected chi connectivity index (χ0v) is 10.9. The van der Waals surface area contributed by atoms with Gasteiger partial charge in [0, 0.05) is 18.2 Å². The van der Waals surface area contributed by atoms with Crippen molar-refractivity contribution in [3.8, 4) is 5.88 Å². The normalized spacial score (nSPS) is 19.9. The van der Waals surface area contributed by atoms with E-state index >= 15 is 0 Å². The number of ether oxygens (including phenoxy) is 1. The third kappa shape index (κ3) is 3.54. The second-order valence-corrected chi connectivity index (χ2v) is 4.14. The first-order valence-electron chi connectivity index (χ1n) is 5.67. The lowest BCUT2D eigenvalue weighted by Crippen LogP contribution is -2.36. The lowest BCUT2D eigenvalue weighted by atomic mass is 10.1. The smallest absolute Gasteiger partial charge is 0.287 e. The highest BCUT2D eigenvalue weighted by atomic mass is 35.5. The van der Waals surface area contributed by atoms with Crippen LogP contribution in [-0.2, 0) is 0 Å². The molecule has 100 valence electrons. The topological polar surface area (TPSA) is 77.3 Å². The molecule has 1 saturated heterocycles. The van der Waals surface area contributed by atoms with Gasteiger partial charge in [0.2, 0.25) is 5.88 Å². The van der Waals surface area contributed by atoms with E-state index in [1.807, 2.05) is 6.92 Å². The van der Waals surface area contributed by atoms with Crippen LogP contribution in [0.3, 0.4) is 0 Å². The van der Waals surface area contributed by atoms with Crippen LogP contribution in [0, 0.1) is 10.1 Å². The third-order valence-electron chi connectivity index (χ3n) is 2.90. The molecule has 1 aromatic rings. The van der Waals surface area contributed by atoms with Crippen molar-refractivity contribution in [1.82, 2.24) is 10.3 Å². The van der Waals surface area contributed by atoms with E-state index in [-0.39, 0.29) is 24.2 Å². The Morgan fingerprint density at radius 1 is 1.61 bits per heavy atom. The molecule has 18 heavy (non-hydrogen) atoms. The number of pyridine rings is 1. The minimum atomic E-state index is -0.473. The molecule has 7 heteroatoms. The Morgan fingerprint density at radius 3 is 2.89 bits per heavy atom. The van der Waals surface area contributed by atoms with Gasteiger partial charge in [-0.2, -0.15) is 0 Å². The third-order valence-corrected chi connectivity index (χ3v) is 2.90. The quantitative estimate of drug-likeness (QED) is 0.670. The molecule has 1 aliphatic rings. The van der Waals surface area contributed by atoms with Crippen LogP contribution in [0.25, 0.3) is 0 Å². The molecule has 2 heterocycles. The summed E-state index contributed by atoms with van der Waals surface area (Å²) in [6.07, 6.45) is 3.48. The molecule has 0 aromatic carbocycles. The lowest BCUT2D eigenvalue weighted by Gasteiger charge is -2.20. The first kappa shape index (κ1) is 14.7. The molecule has 1 aromatic heterocycles. The molecule has 0 amide bonds. The highest BCUT2D eigenvalue weighted by molar-refractivity contribution is 5.85. The van der Waals surface area contributed by atoms with Crippen LogP contribution in [0.15, 0.2) is 18.3 Å². The summed E-state index contributed by atoms with van der Waals surface area (Å²) in [7, 11) is 0. The van der Waals surface area contributed by atoms with Crippen LogP contribution in [0.5, 0.6) is 5.88 Å². The Kier molecular flexibility index (Phi) is 5.30. The van der Waals surface area contributed by atoms with Gasteiger partial charge >= 0.3 is 0 Å². The maximum Gasteiger partial charge on any atom is 0.287 e. The molecule has 0 bridgehead atoms. The minimum Gasteiger partial charge on any atom is -0.473 e. The molecule has 6 nitrogen and oxygen atoms in total. The highest BCUT2D eigenvalue weighted by Crippen LogP contribution is 2.17. The van der Waals surface area contributed by atoms with Crippen LogP contribution in [0.4, 0.5) is 5.69 Å². The second-order valence-electron chi connectivity index (χ2n) is 4.14. The van der Waals surface area contributed by atoms with Crippen molar-refractivity contribution in [2.24, 2.45) is 0 Å². The molecule has 0 spiro atoms. The lowest BCUT2D eigenvalue weighted by molar-refractivity contribution is -0.385. The number of aromatic nitrogens is 1.